The second-order valence-corrected chi connectivity index (χ2v) is 5.59. The summed E-state index contributed by atoms with van der Waals surface area (Å²) < 4.78 is 10.2. The van der Waals surface area contributed by atoms with Crippen LogP contribution in [0.5, 0.6) is 17.2 Å². The third kappa shape index (κ3) is 2.77. The Morgan fingerprint density at radius 3 is 2.35 bits per heavy atom. The first kappa shape index (κ1) is 17.2. The number of Topliss-reactive ketones (excluding diaryl/α,β-unsaturated/α-hetero) is 2. The van der Waals surface area contributed by atoms with Gasteiger partial charge in [-0.3, -0.25) is 4.79 Å². The van der Waals surface area contributed by atoms with E-state index in [0.29, 0.717) is 0 Å². The van der Waals surface area contributed by atoms with Crippen LogP contribution >= 0.6 is 0 Å². The molecular formula is C16H20O7. The third-order valence-corrected chi connectivity index (χ3v) is 4.23. The molecule has 1 aliphatic carbocycles. The lowest BCUT2D eigenvalue weighted by Gasteiger charge is -2.35. The van der Waals surface area contributed by atoms with Crippen LogP contribution in [0.3, 0.4) is 0 Å². The Morgan fingerprint density at radius 2 is 1.87 bits per heavy atom. The van der Waals surface area contributed by atoms with Crippen LogP contribution in [0.4, 0.5) is 0 Å². The lowest BCUT2D eigenvalue weighted by Crippen LogP contribution is -2.38. The lowest BCUT2D eigenvalue weighted by atomic mass is 9.71. The van der Waals surface area contributed by atoms with E-state index in [-0.39, 0.29) is 40.6 Å². The van der Waals surface area contributed by atoms with Gasteiger partial charge in [-0.2, -0.15) is 0 Å². The second kappa shape index (κ2) is 6.55. The Morgan fingerprint density at radius 1 is 1.26 bits per heavy atom. The van der Waals surface area contributed by atoms with E-state index in [4.69, 9.17) is 9.47 Å². The molecule has 7 nitrogen and oxygen atoms in total. The molecule has 0 bridgehead atoms. The zero-order valence-corrected chi connectivity index (χ0v) is 13.2. The maximum Gasteiger partial charge on any atom is 0.172 e. The van der Waals surface area contributed by atoms with Gasteiger partial charge >= 0.3 is 0 Å². The molecule has 0 radical (unpaired) electrons. The number of phenols is 1. The summed E-state index contributed by atoms with van der Waals surface area (Å²) in [6, 6.07) is 1.35. The Labute approximate surface area is 133 Å². The molecule has 0 fully saturated rings. The average Bonchev–Trinajstić information content (AvgIpc) is 2.51. The fourth-order valence-corrected chi connectivity index (χ4v) is 3.12. The van der Waals surface area contributed by atoms with Crippen molar-refractivity contribution in [3.05, 3.63) is 17.2 Å². The molecule has 0 aromatic heterocycles. The number of fused-ring (bicyclic) bond motifs is 1. The van der Waals surface area contributed by atoms with Gasteiger partial charge in [0.15, 0.2) is 17.3 Å². The van der Waals surface area contributed by atoms with E-state index in [1.807, 2.05) is 0 Å². The quantitative estimate of drug-likeness (QED) is 0.735. The molecule has 0 heterocycles. The Hall–Kier alpha value is -2.12. The number of phenolic OH excluding ortho intramolecular Hbond substituents is 1. The van der Waals surface area contributed by atoms with E-state index in [0.717, 1.165) is 0 Å². The van der Waals surface area contributed by atoms with Crippen molar-refractivity contribution in [2.24, 2.45) is 11.8 Å². The third-order valence-electron chi connectivity index (χ3n) is 4.23. The van der Waals surface area contributed by atoms with Gasteiger partial charge in [0.1, 0.15) is 11.5 Å². The van der Waals surface area contributed by atoms with Crippen LogP contribution in [0, 0.1) is 11.8 Å². The van der Waals surface area contributed by atoms with E-state index in [1.165, 1.54) is 27.2 Å². The molecule has 0 amide bonds. The number of aromatic hydroxyl groups is 1. The normalized spacial score (nSPS) is 23.3. The summed E-state index contributed by atoms with van der Waals surface area (Å²) >= 11 is 0. The number of aliphatic hydroxyl groups is 2. The summed E-state index contributed by atoms with van der Waals surface area (Å²) in [6.45, 7) is 0.830. The highest BCUT2D eigenvalue weighted by Crippen LogP contribution is 2.50. The van der Waals surface area contributed by atoms with Gasteiger partial charge in [0.2, 0.25) is 0 Å². The highest BCUT2D eigenvalue weighted by Gasteiger charge is 2.45. The highest BCUT2D eigenvalue weighted by molar-refractivity contribution is 6.04. The number of ketones is 2. The van der Waals surface area contributed by atoms with Crippen molar-refractivity contribution < 1.29 is 34.4 Å². The van der Waals surface area contributed by atoms with Gasteiger partial charge in [-0.05, 0) is 6.92 Å². The van der Waals surface area contributed by atoms with Crippen molar-refractivity contribution in [3.8, 4) is 17.2 Å². The fourth-order valence-electron chi connectivity index (χ4n) is 3.12. The number of aliphatic hydroxyl groups excluding tert-OH is 2. The number of hydrogen-bond acceptors (Lipinski definition) is 7. The number of ether oxygens (including phenoxy) is 2. The summed E-state index contributed by atoms with van der Waals surface area (Å²) in [4.78, 5) is 24.2. The molecule has 23 heavy (non-hydrogen) atoms. The van der Waals surface area contributed by atoms with E-state index in [1.54, 1.807) is 0 Å². The highest BCUT2D eigenvalue weighted by atomic mass is 16.5. The van der Waals surface area contributed by atoms with E-state index in [2.05, 4.69) is 0 Å². The molecule has 3 atom stereocenters. The molecular weight excluding hydrogens is 304 g/mol. The molecule has 0 saturated heterocycles. The molecule has 0 aliphatic heterocycles. The number of hydrogen-bond donors (Lipinski definition) is 3. The zero-order valence-electron chi connectivity index (χ0n) is 13.2. The molecule has 0 spiro atoms. The fraction of sp³-hybridized carbons (Fsp3) is 0.500. The van der Waals surface area contributed by atoms with Crippen molar-refractivity contribution in [1.29, 1.82) is 0 Å². The zero-order chi connectivity index (χ0) is 17.3. The van der Waals surface area contributed by atoms with E-state index >= 15 is 0 Å². The van der Waals surface area contributed by atoms with Gasteiger partial charge in [-0.1, -0.05) is 0 Å². The molecule has 1 aliphatic rings. The van der Waals surface area contributed by atoms with Gasteiger partial charge in [-0.25, -0.2) is 0 Å². The summed E-state index contributed by atoms with van der Waals surface area (Å²) in [5, 5.41) is 30.5. The van der Waals surface area contributed by atoms with Crippen LogP contribution in [-0.4, -0.2) is 47.7 Å². The molecule has 7 heteroatoms. The molecule has 126 valence electrons. The van der Waals surface area contributed by atoms with Crippen molar-refractivity contribution >= 4 is 11.6 Å². The predicted molar refractivity (Wildman–Crippen MR) is 79.9 cm³/mol. The smallest absolute Gasteiger partial charge is 0.172 e. The van der Waals surface area contributed by atoms with Crippen LogP contribution in [0.1, 0.15) is 35.4 Å². The maximum atomic E-state index is 12.7. The molecule has 1 aromatic carbocycles. The van der Waals surface area contributed by atoms with E-state index < -0.39 is 30.3 Å². The number of rotatable bonds is 5. The molecule has 3 N–H and O–H groups in total. The Balaban J connectivity index is 2.70. The largest absolute Gasteiger partial charge is 0.504 e. The summed E-state index contributed by atoms with van der Waals surface area (Å²) in [7, 11) is 2.68. The lowest BCUT2D eigenvalue weighted by molar-refractivity contribution is -0.119. The van der Waals surface area contributed by atoms with Gasteiger partial charge in [0, 0.05) is 24.0 Å². The standard InChI is InChI=1S/C16H20O7/c1-7(18)4-8-9(6-17)15(20)12-10(22-2)5-11(23-3)16(21)13(12)14(8)19/h5,8-9,14,17,19,21H,4,6H2,1-3H3/t8-,9+,14-/m1/s1. The Kier molecular flexibility index (Phi) is 4.91. The first-order valence-corrected chi connectivity index (χ1v) is 7.17. The maximum absolute atomic E-state index is 12.7. The van der Waals surface area contributed by atoms with Crippen LogP contribution in [0.25, 0.3) is 0 Å². The van der Waals surface area contributed by atoms with Gasteiger partial charge in [0.25, 0.3) is 0 Å². The van der Waals surface area contributed by atoms with Gasteiger partial charge in [-0.15, -0.1) is 0 Å². The monoisotopic (exact) mass is 324 g/mol. The van der Waals surface area contributed by atoms with Gasteiger partial charge in [0.05, 0.1) is 38.4 Å². The minimum Gasteiger partial charge on any atom is -0.504 e. The van der Waals surface area contributed by atoms with E-state index in [9.17, 15) is 24.9 Å². The number of methoxy groups -OCH3 is 2. The molecule has 0 unspecified atom stereocenters. The average molecular weight is 324 g/mol. The Bertz CT molecular complexity index is 638. The van der Waals surface area contributed by atoms with Crippen LogP contribution < -0.4 is 9.47 Å². The topological polar surface area (TPSA) is 113 Å². The summed E-state index contributed by atoms with van der Waals surface area (Å²) in [6.07, 6.45) is -1.39. The minimum absolute atomic E-state index is 0.0113. The predicted octanol–water partition coefficient (Wildman–Crippen LogP) is 0.843. The van der Waals surface area contributed by atoms with Crippen molar-refractivity contribution in [2.75, 3.05) is 20.8 Å². The molecule has 0 saturated carbocycles. The first-order valence-electron chi connectivity index (χ1n) is 7.17. The summed E-state index contributed by atoms with van der Waals surface area (Å²) in [5.74, 6) is -2.64. The van der Waals surface area contributed by atoms with Crippen LogP contribution in [0.15, 0.2) is 6.07 Å². The van der Waals surface area contributed by atoms with Gasteiger partial charge < -0.3 is 29.6 Å². The molecule has 1 aromatic rings. The number of carbonyl (C=O) groups is 2. The van der Waals surface area contributed by atoms with Crippen molar-refractivity contribution in [3.63, 3.8) is 0 Å². The van der Waals surface area contributed by atoms with Crippen molar-refractivity contribution in [1.82, 2.24) is 0 Å². The SMILES string of the molecule is COc1cc(OC)c2c(c1O)[C@H](O)[C@H](CC(C)=O)[C@H](CO)C2=O. The first-order chi connectivity index (χ1) is 10.9. The molecule has 2 rings (SSSR count). The second-order valence-electron chi connectivity index (χ2n) is 5.59. The van der Waals surface area contributed by atoms with Crippen LogP contribution in [0.2, 0.25) is 0 Å². The number of benzene rings is 1. The minimum atomic E-state index is -1.30. The van der Waals surface area contributed by atoms with Crippen molar-refractivity contribution in [2.45, 2.75) is 19.4 Å². The number of carbonyl (C=O) groups excluding carboxylic acids is 2. The van der Waals surface area contributed by atoms with Crippen LogP contribution in [-0.2, 0) is 4.79 Å². The summed E-state index contributed by atoms with van der Waals surface area (Å²) in [5.41, 5.74) is -0.0145.